The van der Waals surface area contributed by atoms with Crippen molar-refractivity contribution < 1.29 is 9.53 Å². The van der Waals surface area contributed by atoms with Crippen LogP contribution in [0.15, 0.2) is 54.7 Å². The van der Waals surface area contributed by atoms with Crippen molar-refractivity contribution in [2.45, 2.75) is 59.0 Å². The zero-order valence-corrected chi connectivity index (χ0v) is 23.7. The highest BCUT2D eigenvalue weighted by atomic mass is 16.5. The Bertz CT molecular complexity index is 1490. The second-order valence-corrected chi connectivity index (χ2v) is 10.9. The summed E-state index contributed by atoms with van der Waals surface area (Å²) in [7, 11) is 2.00. The van der Waals surface area contributed by atoms with E-state index < -0.39 is 0 Å². The van der Waals surface area contributed by atoms with Crippen molar-refractivity contribution in [3.05, 3.63) is 71.5 Å². The number of anilines is 2. The Hall–Kier alpha value is -3.91. The summed E-state index contributed by atoms with van der Waals surface area (Å²) in [6, 6.07) is 16.4. The number of hydrogen-bond donors (Lipinski definition) is 2. The lowest BCUT2D eigenvalue weighted by molar-refractivity contribution is 0.0710. The van der Waals surface area contributed by atoms with Gasteiger partial charge in [-0.2, -0.15) is 0 Å². The molecule has 5 rings (SSSR count). The van der Waals surface area contributed by atoms with Gasteiger partial charge in [-0.25, -0.2) is 4.98 Å². The van der Waals surface area contributed by atoms with E-state index in [1.165, 1.54) is 11.1 Å². The first-order valence-electron chi connectivity index (χ1n) is 13.8. The number of fused-ring (bicyclic) bond motifs is 1. The van der Waals surface area contributed by atoms with Gasteiger partial charge in [-0.05, 0) is 67.6 Å². The highest BCUT2D eigenvalue weighted by Crippen LogP contribution is 2.30. The molecule has 39 heavy (non-hydrogen) atoms. The van der Waals surface area contributed by atoms with Crippen molar-refractivity contribution in [2.75, 3.05) is 18.4 Å². The van der Waals surface area contributed by atoms with E-state index in [-0.39, 0.29) is 11.9 Å². The summed E-state index contributed by atoms with van der Waals surface area (Å²) in [5.41, 5.74) is 5.90. The maximum atomic E-state index is 12.7. The van der Waals surface area contributed by atoms with Crippen LogP contribution in [0.25, 0.3) is 11.0 Å². The molecule has 4 aromatic rings. The largest absolute Gasteiger partial charge is 0.457 e. The Labute approximate surface area is 230 Å². The fraction of sp³-hybridized carbons (Fsp3) is 0.387. The first-order valence-corrected chi connectivity index (χ1v) is 13.8. The highest BCUT2D eigenvalue weighted by Gasteiger charge is 2.30. The predicted octanol–water partition coefficient (Wildman–Crippen LogP) is 6.01. The molecule has 8 nitrogen and oxygen atoms in total. The Morgan fingerprint density at radius 2 is 1.82 bits per heavy atom. The molecule has 0 saturated carbocycles. The number of imidazole rings is 1. The number of ether oxygens (including phenoxy) is 1. The monoisotopic (exact) mass is 526 g/mol. The fourth-order valence-corrected chi connectivity index (χ4v) is 5.04. The average Bonchev–Trinajstić information content (AvgIpc) is 3.19. The van der Waals surface area contributed by atoms with Crippen LogP contribution in [0.1, 0.15) is 62.2 Å². The number of carbonyl (C=O) groups is 1. The molecule has 8 heteroatoms. The number of likely N-dealkylation sites (tertiary alicyclic amines) is 1. The molecule has 1 aliphatic heterocycles. The van der Waals surface area contributed by atoms with Crippen LogP contribution in [0.5, 0.6) is 11.5 Å². The molecule has 0 aliphatic carbocycles. The molecule has 0 unspecified atom stereocenters. The molecule has 0 spiro atoms. The van der Waals surface area contributed by atoms with Crippen molar-refractivity contribution in [1.29, 1.82) is 0 Å². The minimum Gasteiger partial charge on any atom is -0.457 e. The van der Waals surface area contributed by atoms with Gasteiger partial charge in [-0.1, -0.05) is 26.8 Å². The van der Waals surface area contributed by atoms with Gasteiger partial charge in [0, 0.05) is 50.2 Å². The summed E-state index contributed by atoms with van der Waals surface area (Å²) in [4.78, 5) is 24.1. The van der Waals surface area contributed by atoms with Gasteiger partial charge in [0.1, 0.15) is 17.2 Å². The molecule has 0 bridgehead atoms. The van der Waals surface area contributed by atoms with Crippen LogP contribution in [0.3, 0.4) is 0 Å². The summed E-state index contributed by atoms with van der Waals surface area (Å²) in [5, 5.41) is 6.55. The minimum atomic E-state index is -0.183. The van der Waals surface area contributed by atoms with E-state index in [9.17, 15) is 4.79 Å². The molecule has 1 amide bonds. The van der Waals surface area contributed by atoms with Gasteiger partial charge in [-0.3, -0.25) is 14.7 Å². The number of nitrogens with one attached hydrogen (secondary N) is 2. The molecule has 1 aliphatic rings. The van der Waals surface area contributed by atoms with E-state index in [2.05, 4.69) is 73.3 Å². The van der Waals surface area contributed by atoms with Gasteiger partial charge < -0.3 is 19.9 Å². The molecular weight excluding hydrogens is 488 g/mol. The van der Waals surface area contributed by atoms with E-state index in [0.717, 1.165) is 42.2 Å². The maximum absolute atomic E-state index is 12.7. The molecule has 2 aromatic carbocycles. The Balaban J connectivity index is 1.29. The number of hydrogen-bond acceptors (Lipinski definition) is 6. The van der Waals surface area contributed by atoms with Crippen molar-refractivity contribution in [1.82, 2.24) is 24.8 Å². The third-order valence-electron chi connectivity index (χ3n) is 7.43. The third kappa shape index (κ3) is 5.76. The van der Waals surface area contributed by atoms with Gasteiger partial charge in [0.05, 0.1) is 17.1 Å². The molecule has 0 radical (unpaired) electrons. The number of nitrogens with zero attached hydrogens (tertiary/aromatic N) is 4. The molecule has 204 valence electrons. The molecule has 2 aromatic heterocycles. The highest BCUT2D eigenvalue weighted by molar-refractivity contribution is 5.93. The number of amides is 1. The van der Waals surface area contributed by atoms with E-state index >= 15 is 0 Å². The second-order valence-electron chi connectivity index (χ2n) is 10.9. The fourth-order valence-electron chi connectivity index (χ4n) is 5.04. The van der Waals surface area contributed by atoms with E-state index in [0.29, 0.717) is 29.2 Å². The smallest absolute Gasteiger partial charge is 0.270 e. The van der Waals surface area contributed by atoms with Crippen molar-refractivity contribution in [3.63, 3.8) is 0 Å². The Morgan fingerprint density at radius 1 is 1.05 bits per heavy atom. The number of aryl methyl sites for hydroxylation is 2. The number of benzene rings is 2. The second kappa shape index (κ2) is 11.1. The van der Waals surface area contributed by atoms with Crippen molar-refractivity contribution in [2.24, 2.45) is 7.05 Å². The number of pyridine rings is 1. The van der Waals surface area contributed by atoms with Crippen LogP contribution in [-0.2, 0) is 13.5 Å². The minimum absolute atomic E-state index is 0.155. The summed E-state index contributed by atoms with van der Waals surface area (Å²) in [6.45, 7) is 12.7. The maximum Gasteiger partial charge on any atom is 0.270 e. The number of carbonyl (C=O) groups excluding carboxylic acids is 1. The van der Waals surface area contributed by atoms with Crippen LogP contribution in [-0.4, -0.2) is 50.5 Å². The average molecular weight is 527 g/mol. The molecule has 1 saturated heterocycles. The summed E-state index contributed by atoms with van der Waals surface area (Å²) in [6.07, 6.45) is 2.62. The van der Waals surface area contributed by atoms with Gasteiger partial charge in [0.25, 0.3) is 5.91 Å². The van der Waals surface area contributed by atoms with Gasteiger partial charge in [0.15, 0.2) is 0 Å². The Kier molecular flexibility index (Phi) is 7.57. The lowest BCUT2D eigenvalue weighted by Crippen LogP contribution is -2.61. The lowest BCUT2D eigenvalue weighted by atomic mass is 9.95. The van der Waals surface area contributed by atoms with E-state index in [1.54, 1.807) is 18.3 Å². The van der Waals surface area contributed by atoms with E-state index in [1.807, 2.05) is 29.8 Å². The van der Waals surface area contributed by atoms with Crippen LogP contribution < -0.4 is 15.4 Å². The van der Waals surface area contributed by atoms with Gasteiger partial charge in [-0.15, -0.1) is 0 Å². The van der Waals surface area contributed by atoms with Crippen LogP contribution in [0, 0.1) is 0 Å². The quantitative estimate of drug-likeness (QED) is 0.278. The topological polar surface area (TPSA) is 84.3 Å². The van der Waals surface area contributed by atoms with Crippen LogP contribution in [0.4, 0.5) is 11.6 Å². The molecule has 3 heterocycles. The first kappa shape index (κ1) is 26.7. The molecule has 0 atom stereocenters. The van der Waals surface area contributed by atoms with Gasteiger partial charge >= 0.3 is 0 Å². The van der Waals surface area contributed by atoms with E-state index in [4.69, 9.17) is 9.72 Å². The van der Waals surface area contributed by atoms with Crippen molar-refractivity contribution >= 4 is 28.6 Å². The predicted molar refractivity (Wildman–Crippen MR) is 156 cm³/mol. The molecule has 2 N–H and O–H groups in total. The normalized spacial score (nSPS) is 14.2. The zero-order valence-electron chi connectivity index (χ0n) is 23.7. The number of aromatic nitrogens is 3. The Morgan fingerprint density at radius 3 is 2.54 bits per heavy atom. The number of rotatable bonds is 9. The van der Waals surface area contributed by atoms with Gasteiger partial charge in [0.2, 0.25) is 5.95 Å². The standard InChI is InChI=1S/C31H38N6O2/c1-7-21-8-9-22(14-26(21)19(2)3)34-31-35-27-15-24(10-11-29(27)36(31)6)39-25-12-13-32-28(16-25)30(38)33-23-17-37(18-23)20(4)5/h8-16,19-20,23H,7,17-18H2,1-6H3,(H,33,38)(H,34,35). The third-order valence-corrected chi connectivity index (χ3v) is 7.43. The first-order chi connectivity index (χ1) is 18.7. The summed E-state index contributed by atoms with van der Waals surface area (Å²) < 4.78 is 8.15. The molecular formula is C31H38N6O2. The van der Waals surface area contributed by atoms with Crippen molar-refractivity contribution in [3.8, 4) is 11.5 Å². The lowest BCUT2D eigenvalue weighted by Gasteiger charge is -2.42. The summed E-state index contributed by atoms with van der Waals surface area (Å²) >= 11 is 0. The van der Waals surface area contributed by atoms with Crippen LogP contribution in [0.2, 0.25) is 0 Å². The SMILES string of the molecule is CCc1ccc(Nc2nc3cc(Oc4ccnc(C(=O)NC5CN(C(C)C)C5)c4)ccc3n2C)cc1C(C)C. The van der Waals surface area contributed by atoms with Crippen LogP contribution >= 0.6 is 0 Å². The summed E-state index contributed by atoms with van der Waals surface area (Å²) in [5.74, 6) is 2.23. The molecule has 1 fully saturated rings. The zero-order chi connectivity index (χ0) is 27.7.